The fourth-order valence-electron chi connectivity index (χ4n) is 1.25. The van der Waals surface area contributed by atoms with Crippen molar-refractivity contribution in [3.63, 3.8) is 0 Å². The number of ketones is 1. The number of carbonyl (C=O) groups is 1. The van der Waals surface area contributed by atoms with E-state index in [1.165, 1.54) is 13.0 Å². The topological polar surface area (TPSA) is 86.0 Å². The predicted molar refractivity (Wildman–Crippen MR) is 71.9 cm³/mol. The van der Waals surface area contributed by atoms with Crippen LogP contribution in [0.25, 0.3) is 0 Å². The maximum Gasteiger partial charge on any atom is 0.294 e. The Kier molecular flexibility index (Phi) is 3.91. The van der Waals surface area contributed by atoms with E-state index in [4.69, 9.17) is 0 Å². The lowest BCUT2D eigenvalue weighted by Gasteiger charge is -1.97. The van der Waals surface area contributed by atoms with E-state index < -0.39 is 4.92 Å². The number of rotatable bonds is 4. The molecule has 0 unspecified atom stereocenters. The van der Waals surface area contributed by atoms with Crippen LogP contribution in [0.2, 0.25) is 0 Å². The highest BCUT2D eigenvalue weighted by Crippen LogP contribution is 2.40. The van der Waals surface area contributed by atoms with Crippen LogP contribution in [0.15, 0.2) is 27.8 Å². The molecule has 2 aromatic rings. The number of hydrogen-bond acceptors (Lipinski definition) is 7. The molecule has 0 N–H and O–H groups in total. The zero-order chi connectivity index (χ0) is 14.0. The van der Waals surface area contributed by atoms with Crippen molar-refractivity contribution >= 4 is 34.6 Å². The van der Waals surface area contributed by atoms with E-state index in [2.05, 4.69) is 9.97 Å². The summed E-state index contributed by atoms with van der Waals surface area (Å²) in [6.45, 7) is 3.24. The highest BCUT2D eigenvalue weighted by Gasteiger charge is 2.22. The quantitative estimate of drug-likeness (QED) is 0.373. The second-order valence-corrected chi connectivity index (χ2v) is 6.03. The number of nitro groups is 1. The molecule has 2 heterocycles. The molecule has 0 spiro atoms. The van der Waals surface area contributed by atoms with Crippen molar-refractivity contribution in [1.82, 2.24) is 9.97 Å². The molecule has 8 heteroatoms. The fraction of sp³-hybridized carbons (Fsp3) is 0.182. The zero-order valence-electron chi connectivity index (χ0n) is 10.1. The molecule has 98 valence electrons. The summed E-state index contributed by atoms with van der Waals surface area (Å²) in [5.41, 5.74) is 0.832. The number of Topliss-reactive ketones (excluding diaryl/α,β-unsaturated/α-hetero) is 1. The lowest BCUT2D eigenvalue weighted by molar-refractivity contribution is -0.387. The minimum atomic E-state index is -0.501. The van der Waals surface area contributed by atoms with Crippen LogP contribution in [0.4, 0.5) is 5.69 Å². The third-order valence-electron chi connectivity index (χ3n) is 2.16. The molecule has 19 heavy (non-hydrogen) atoms. The van der Waals surface area contributed by atoms with Crippen molar-refractivity contribution in [3.8, 4) is 0 Å². The molecular formula is C11H9N3O3S2. The summed E-state index contributed by atoms with van der Waals surface area (Å²) in [5.74, 6) is -0.190. The zero-order valence-corrected chi connectivity index (χ0v) is 11.7. The molecule has 0 radical (unpaired) electrons. The number of aryl methyl sites for hydroxylation is 1. The molecular weight excluding hydrogens is 286 g/mol. The van der Waals surface area contributed by atoms with Gasteiger partial charge in [0.1, 0.15) is 4.21 Å². The summed E-state index contributed by atoms with van der Waals surface area (Å²) < 4.78 is 0.416. The van der Waals surface area contributed by atoms with E-state index >= 15 is 0 Å². The van der Waals surface area contributed by atoms with Gasteiger partial charge in [0.05, 0.1) is 9.80 Å². The smallest absolute Gasteiger partial charge is 0.294 e. The van der Waals surface area contributed by atoms with Gasteiger partial charge in [-0.25, -0.2) is 9.97 Å². The lowest BCUT2D eigenvalue weighted by atomic mass is 10.3. The second kappa shape index (κ2) is 5.45. The Bertz CT molecular complexity index is 637. The summed E-state index contributed by atoms with van der Waals surface area (Å²) in [5, 5.41) is 11.4. The molecule has 0 aliphatic heterocycles. The lowest BCUT2D eigenvalue weighted by Crippen LogP contribution is -1.89. The van der Waals surface area contributed by atoms with Crippen LogP contribution in [0.3, 0.4) is 0 Å². The number of hydrogen-bond donors (Lipinski definition) is 0. The summed E-state index contributed by atoms with van der Waals surface area (Å²) >= 11 is 2.18. The summed E-state index contributed by atoms with van der Waals surface area (Å²) in [6, 6.07) is 1.30. The molecule has 0 atom stereocenters. The first-order chi connectivity index (χ1) is 8.97. The minimum absolute atomic E-state index is 0.0793. The Morgan fingerprint density at radius 1 is 1.42 bits per heavy atom. The Morgan fingerprint density at radius 2 is 2.05 bits per heavy atom. The molecule has 0 aliphatic carbocycles. The van der Waals surface area contributed by atoms with Crippen LogP contribution in [-0.4, -0.2) is 20.7 Å². The third-order valence-corrected chi connectivity index (χ3v) is 4.47. The van der Waals surface area contributed by atoms with Gasteiger partial charge < -0.3 is 0 Å². The number of carbonyl (C=O) groups excluding carboxylic acids is 1. The monoisotopic (exact) mass is 295 g/mol. The van der Waals surface area contributed by atoms with Gasteiger partial charge in [-0.1, -0.05) is 0 Å². The van der Waals surface area contributed by atoms with Gasteiger partial charge in [-0.3, -0.25) is 14.9 Å². The average molecular weight is 295 g/mol. The molecule has 0 aliphatic rings. The molecule has 6 nitrogen and oxygen atoms in total. The predicted octanol–water partition coefficient (Wildman–Crippen LogP) is 3.11. The standard InChI is InChI=1S/C11H9N3O3S2/c1-6-4-12-11(13-5-6)19-10-8(14(16)17)3-9(18-10)7(2)15/h3-5H,1-2H3. The molecule has 0 fully saturated rings. The first kappa shape index (κ1) is 13.6. The van der Waals surface area contributed by atoms with Gasteiger partial charge in [0.15, 0.2) is 10.9 Å². The normalized spacial score (nSPS) is 10.4. The van der Waals surface area contributed by atoms with Gasteiger partial charge in [0.2, 0.25) is 0 Å². The van der Waals surface area contributed by atoms with E-state index in [1.807, 2.05) is 6.92 Å². The Hall–Kier alpha value is -1.80. The van der Waals surface area contributed by atoms with E-state index in [0.717, 1.165) is 28.7 Å². The van der Waals surface area contributed by atoms with Crippen molar-refractivity contribution in [2.24, 2.45) is 0 Å². The van der Waals surface area contributed by atoms with Gasteiger partial charge in [-0.05, 0) is 31.2 Å². The summed E-state index contributed by atoms with van der Waals surface area (Å²) in [6.07, 6.45) is 3.28. The molecule has 2 rings (SSSR count). The fourth-order valence-corrected chi connectivity index (χ4v) is 3.28. The van der Waals surface area contributed by atoms with Crippen LogP contribution in [0.5, 0.6) is 0 Å². The maximum atomic E-state index is 11.3. The van der Waals surface area contributed by atoms with E-state index in [1.54, 1.807) is 12.4 Å². The Labute approximate surface area is 117 Å². The van der Waals surface area contributed by atoms with Crippen LogP contribution in [-0.2, 0) is 0 Å². The molecule has 0 aromatic carbocycles. The van der Waals surface area contributed by atoms with Crippen LogP contribution in [0, 0.1) is 17.0 Å². The Balaban J connectivity index is 2.35. The third kappa shape index (κ3) is 3.15. The highest BCUT2D eigenvalue weighted by atomic mass is 32.2. The van der Waals surface area contributed by atoms with Crippen molar-refractivity contribution in [2.45, 2.75) is 23.2 Å². The second-order valence-electron chi connectivity index (χ2n) is 3.74. The first-order valence-corrected chi connectivity index (χ1v) is 6.86. The number of aromatic nitrogens is 2. The molecule has 0 amide bonds. The number of thiophene rings is 1. The van der Waals surface area contributed by atoms with Gasteiger partial charge in [0, 0.05) is 18.5 Å². The van der Waals surface area contributed by atoms with Gasteiger partial charge in [0.25, 0.3) is 5.69 Å². The van der Waals surface area contributed by atoms with Crippen LogP contribution in [0.1, 0.15) is 22.2 Å². The van der Waals surface area contributed by atoms with E-state index in [-0.39, 0.29) is 11.5 Å². The summed E-state index contributed by atoms with van der Waals surface area (Å²) in [7, 11) is 0. The first-order valence-electron chi connectivity index (χ1n) is 5.23. The summed E-state index contributed by atoms with van der Waals surface area (Å²) in [4.78, 5) is 30.2. The molecule has 0 bridgehead atoms. The molecule has 0 saturated carbocycles. The Morgan fingerprint density at radius 3 is 2.58 bits per heavy atom. The van der Waals surface area contributed by atoms with E-state index in [0.29, 0.717) is 14.2 Å². The van der Waals surface area contributed by atoms with Gasteiger partial charge in [-0.15, -0.1) is 11.3 Å². The van der Waals surface area contributed by atoms with Crippen molar-refractivity contribution in [3.05, 3.63) is 39.0 Å². The van der Waals surface area contributed by atoms with Crippen molar-refractivity contribution in [2.75, 3.05) is 0 Å². The van der Waals surface area contributed by atoms with Gasteiger partial charge in [-0.2, -0.15) is 0 Å². The van der Waals surface area contributed by atoms with E-state index in [9.17, 15) is 14.9 Å². The molecule has 0 saturated heterocycles. The molecule has 2 aromatic heterocycles. The number of nitrogens with zero attached hydrogens (tertiary/aromatic N) is 3. The van der Waals surface area contributed by atoms with Crippen LogP contribution < -0.4 is 0 Å². The van der Waals surface area contributed by atoms with Crippen LogP contribution >= 0.6 is 23.1 Å². The maximum absolute atomic E-state index is 11.3. The van der Waals surface area contributed by atoms with Crippen molar-refractivity contribution < 1.29 is 9.72 Å². The van der Waals surface area contributed by atoms with Gasteiger partial charge >= 0.3 is 0 Å². The minimum Gasteiger partial charge on any atom is -0.294 e. The highest BCUT2D eigenvalue weighted by molar-refractivity contribution is 8.01. The van der Waals surface area contributed by atoms with Crippen molar-refractivity contribution in [1.29, 1.82) is 0 Å². The largest absolute Gasteiger partial charge is 0.294 e. The SMILES string of the molecule is CC(=O)c1cc([N+](=O)[O-])c(Sc2ncc(C)cn2)s1. The average Bonchev–Trinajstić information content (AvgIpc) is 2.76.